The zero-order valence-electron chi connectivity index (χ0n) is 35.2. The number of rotatable bonds is 11. The summed E-state index contributed by atoms with van der Waals surface area (Å²) in [7, 11) is 2.14. The van der Waals surface area contributed by atoms with Gasteiger partial charge in [0.15, 0.2) is 0 Å². The highest BCUT2D eigenvalue weighted by molar-refractivity contribution is 5.95. The maximum atomic E-state index is 14.9. The van der Waals surface area contributed by atoms with Crippen molar-refractivity contribution in [3.05, 3.63) is 155 Å². The smallest absolute Gasteiger partial charge is 0.318 e. The Labute approximate surface area is 363 Å². The number of amides is 1. The molecule has 62 heavy (non-hydrogen) atoms. The first-order chi connectivity index (χ1) is 30.4. The Kier molecular flexibility index (Phi) is 10.7. The molecule has 4 atom stereocenters. The summed E-state index contributed by atoms with van der Waals surface area (Å²) in [4.78, 5) is 36.3. The van der Waals surface area contributed by atoms with Crippen molar-refractivity contribution >= 4 is 28.2 Å². The van der Waals surface area contributed by atoms with Gasteiger partial charge < -0.3 is 29.4 Å². The van der Waals surface area contributed by atoms with E-state index in [1.54, 1.807) is 6.07 Å². The van der Waals surface area contributed by atoms with Crippen LogP contribution >= 0.6 is 0 Å². The number of aromatic hydroxyl groups is 1. The number of nitriles is 1. The number of likely N-dealkylation sites (tertiary alicyclic amines) is 1. The van der Waals surface area contributed by atoms with Crippen molar-refractivity contribution in [3.8, 4) is 17.8 Å². The molecule has 1 amide bonds. The van der Waals surface area contributed by atoms with Crippen LogP contribution in [0.5, 0.6) is 11.8 Å². The number of phenols is 1. The molecule has 5 heterocycles. The predicted molar refractivity (Wildman–Crippen MR) is 241 cm³/mol. The lowest BCUT2D eigenvalue weighted by atomic mass is 9.76. The molecule has 5 aromatic carbocycles. The molecule has 1 aromatic heterocycles. The quantitative estimate of drug-likeness (QED) is 0.109. The van der Waals surface area contributed by atoms with E-state index in [0.717, 1.165) is 69.6 Å². The summed E-state index contributed by atoms with van der Waals surface area (Å²) in [5, 5.41) is 23.0. The Hall–Kier alpha value is -6.48. The summed E-state index contributed by atoms with van der Waals surface area (Å²) in [5.74, 6) is 1.11. The van der Waals surface area contributed by atoms with Crippen LogP contribution < -0.4 is 14.5 Å². The van der Waals surface area contributed by atoms with E-state index in [2.05, 4.69) is 112 Å². The molecular formula is C51H52N8O3. The lowest BCUT2D eigenvalue weighted by Crippen LogP contribution is -2.57. The Morgan fingerprint density at radius 3 is 2.15 bits per heavy atom. The fourth-order valence-corrected chi connectivity index (χ4v) is 10.4. The Morgan fingerprint density at radius 2 is 1.48 bits per heavy atom. The number of hydrogen-bond donors (Lipinski definition) is 1. The van der Waals surface area contributed by atoms with Gasteiger partial charge >= 0.3 is 6.01 Å². The summed E-state index contributed by atoms with van der Waals surface area (Å²) in [6.07, 6.45) is 3.11. The molecule has 0 aliphatic carbocycles. The van der Waals surface area contributed by atoms with E-state index in [4.69, 9.17) is 14.7 Å². The Morgan fingerprint density at radius 1 is 0.806 bits per heavy atom. The predicted octanol–water partition coefficient (Wildman–Crippen LogP) is 6.98. The fourth-order valence-electron chi connectivity index (χ4n) is 10.4. The molecule has 3 saturated heterocycles. The van der Waals surface area contributed by atoms with Crippen LogP contribution in [0.1, 0.15) is 47.2 Å². The highest BCUT2D eigenvalue weighted by Gasteiger charge is 2.57. The molecule has 0 radical (unpaired) electrons. The van der Waals surface area contributed by atoms with Crippen LogP contribution in [0.4, 0.5) is 11.5 Å². The number of aromatic nitrogens is 2. The van der Waals surface area contributed by atoms with Crippen molar-refractivity contribution in [2.45, 2.75) is 55.9 Å². The van der Waals surface area contributed by atoms with Crippen molar-refractivity contribution in [2.24, 2.45) is 0 Å². The van der Waals surface area contributed by atoms with Gasteiger partial charge in [0.2, 0.25) is 5.91 Å². The molecule has 0 spiro atoms. The molecule has 1 unspecified atom stereocenters. The van der Waals surface area contributed by atoms with Crippen molar-refractivity contribution in [1.29, 1.82) is 5.26 Å². The number of hydrogen-bond acceptors (Lipinski definition) is 10. The molecule has 0 saturated carbocycles. The van der Waals surface area contributed by atoms with Gasteiger partial charge in [-0.2, -0.15) is 15.2 Å². The van der Waals surface area contributed by atoms with Gasteiger partial charge in [0.25, 0.3) is 0 Å². The van der Waals surface area contributed by atoms with Crippen molar-refractivity contribution < 1.29 is 14.6 Å². The van der Waals surface area contributed by atoms with E-state index in [0.29, 0.717) is 64.3 Å². The second-order valence-corrected chi connectivity index (χ2v) is 17.2. The number of carbonyl (C=O) groups is 1. The molecule has 10 rings (SSSR count). The number of nitrogens with zero attached hydrogens (tertiary/aromatic N) is 8. The summed E-state index contributed by atoms with van der Waals surface area (Å²) >= 11 is 0. The van der Waals surface area contributed by atoms with Gasteiger partial charge in [0.1, 0.15) is 24.2 Å². The SMILES string of the molecule is CN1CCC[C@H]1COc1nc2c(c(N3CCN(C(=O)[C@H]4CN4C(c4ccccc4)(c4ccccc4)c4ccccc4)[C@@H](CC#N)C3)n1)CCN(c1cc(O)cc3ccccc13)C2. The van der Waals surface area contributed by atoms with Crippen molar-refractivity contribution in [1.82, 2.24) is 24.7 Å². The number of carbonyl (C=O) groups excluding carboxylic acids is 1. The van der Waals surface area contributed by atoms with Gasteiger partial charge in [-0.25, -0.2) is 0 Å². The summed E-state index contributed by atoms with van der Waals surface area (Å²) in [5.41, 5.74) is 5.56. The van der Waals surface area contributed by atoms with Crippen LogP contribution in [0.25, 0.3) is 10.8 Å². The minimum Gasteiger partial charge on any atom is -0.508 e. The number of piperazine rings is 1. The van der Waals surface area contributed by atoms with Gasteiger partial charge in [-0.05, 0) is 61.0 Å². The third-order valence-electron chi connectivity index (χ3n) is 13.6. The number of likely N-dealkylation sites (N-methyl/N-ethyl adjacent to an activating group) is 1. The van der Waals surface area contributed by atoms with E-state index < -0.39 is 5.54 Å². The molecule has 6 aromatic rings. The Balaban J connectivity index is 0.951. The van der Waals surface area contributed by atoms with Gasteiger partial charge in [-0.3, -0.25) is 9.69 Å². The lowest BCUT2D eigenvalue weighted by Gasteiger charge is -2.43. The van der Waals surface area contributed by atoms with Crippen LogP contribution in [0.15, 0.2) is 127 Å². The lowest BCUT2D eigenvalue weighted by molar-refractivity contribution is -0.134. The van der Waals surface area contributed by atoms with Crippen LogP contribution in [0, 0.1) is 11.3 Å². The van der Waals surface area contributed by atoms with Crippen LogP contribution in [0.3, 0.4) is 0 Å². The standard InChI is InChI=1S/C51H52N8O3/c1-55-26-13-21-41(55)35-62-50-53-45-33-56(46-31-42(60)30-36-14-11-12-22-43(36)46)27-24-44(45)48(54-50)57-28-29-58(40(32-57)23-25-52)49(61)47-34-59(47)51(37-15-5-2-6-16-37,38-17-7-3-8-18-38)39-19-9-4-10-20-39/h2-12,14-20,22,30-31,40-41,47,60H,13,21,23-24,26-29,32-35H2,1H3/t40-,41-,47+,59?/m0/s1. The largest absolute Gasteiger partial charge is 0.508 e. The topological polar surface area (TPSA) is 112 Å². The van der Waals surface area contributed by atoms with Crippen molar-refractivity contribution in [3.63, 3.8) is 0 Å². The molecule has 1 N–H and O–H groups in total. The number of fused-ring (bicyclic) bond motifs is 2. The van der Waals surface area contributed by atoms with Gasteiger partial charge in [0.05, 0.1) is 36.3 Å². The van der Waals surface area contributed by atoms with E-state index >= 15 is 0 Å². The van der Waals surface area contributed by atoms with E-state index in [9.17, 15) is 15.2 Å². The van der Waals surface area contributed by atoms with Gasteiger partial charge in [-0.1, -0.05) is 115 Å². The maximum absolute atomic E-state index is 14.9. The second-order valence-electron chi connectivity index (χ2n) is 17.2. The third kappa shape index (κ3) is 7.27. The third-order valence-corrected chi connectivity index (χ3v) is 13.6. The molecule has 314 valence electrons. The Bertz CT molecular complexity index is 2510. The second kappa shape index (κ2) is 16.8. The van der Waals surface area contributed by atoms with E-state index in [1.165, 1.54) is 0 Å². The van der Waals surface area contributed by atoms with E-state index in [-0.39, 0.29) is 30.2 Å². The average molecular weight is 825 g/mol. The van der Waals surface area contributed by atoms with Crippen LogP contribution in [-0.2, 0) is 23.3 Å². The monoisotopic (exact) mass is 824 g/mol. The summed E-state index contributed by atoms with van der Waals surface area (Å²) < 4.78 is 6.44. The molecule has 0 bridgehead atoms. The zero-order chi connectivity index (χ0) is 42.2. The molecule has 3 fully saturated rings. The molecule has 11 nitrogen and oxygen atoms in total. The molecular weight excluding hydrogens is 773 g/mol. The first-order valence-electron chi connectivity index (χ1n) is 22.0. The average Bonchev–Trinajstić information content (AvgIpc) is 4.01. The van der Waals surface area contributed by atoms with Gasteiger partial charge in [-0.15, -0.1) is 0 Å². The molecule has 11 heteroatoms. The van der Waals surface area contributed by atoms with Crippen molar-refractivity contribution in [2.75, 3.05) is 62.7 Å². The fraction of sp³-hybridized carbons (Fsp3) is 0.333. The van der Waals surface area contributed by atoms with Crippen LogP contribution in [0.2, 0.25) is 0 Å². The number of ether oxygens (including phenoxy) is 1. The highest BCUT2D eigenvalue weighted by Crippen LogP contribution is 2.49. The minimum absolute atomic E-state index is 0.0560. The number of benzene rings is 5. The first-order valence-corrected chi connectivity index (χ1v) is 22.0. The zero-order valence-corrected chi connectivity index (χ0v) is 35.2. The first kappa shape index (κ1) is 39.6. The number of anilines is 2. The van der Waals surface area contributed by atoms with Crippen LogP contribution in [-0.4, -0.2) is 107 Å². The minimum atomic E-state index is -0.682. The summed E-state index contributed by atoms with van der Waals surface area (Å²) in [6.45, 7) is 4.90. The molecule has 4 aliphatic heterocycles. The normalized spacial score (nSPS) is 21.4. The van der Waals surface area contributed by atoms with E-state index in [1.807, 2.05) is 47.4 Å². The van der Waals surface area contributed by atoms with Gasteiger partial charge in [0, 0.05) is 61.5 Å². The molecule has 4 aliphatic rings. The number of phenolic OH excluding ortho intramolecular Hbond substituents is 1. The summed E-state index contributed by atoms with van der Waals surface area (Å²) in [6, 6.07) is 45.7. The highest BCUT2D eigenvalue weighted by atomic mass is 16.5. The maximum Gasteiger partial charge on any atom is 0.318 e.